The SMILES string of the molecule is C#CCOc1cnc(C(=O)Cc2cc(F)c(F)c([C@@]3(C)N=C(N)S[C@@]4(CC)C[C@H]43)c2)cn1.C[C@]1(c2cc(CC(=O)c3cnc(OCC(F)(F)F)cn3)ccc2F)N=C(N)S[C@@]2(C(=O)NC3CC3)C[C@H]21. The van der Waals surface area contributed by atoms with E-state index in [4.69, 9.17) is 22.6 Å². The molecule has 9 rings (SSSR count). The van der Waals surface area contributed by atoms with Gasteiger partial charge in [0.2, 0.25) is 17.7 Å². The van der Waals surface area contributed by atoms with Gasteiger partial charge in [-0.3, -0.25) is 24.4 Å². The highest BCUT2D eigenvalue weighted by atomic mass is 32.2. The number of nitrogens with two attached hydrogens (primary N) is 2. The van der Waals surface area contributed by atoms with E-state index in [-0.39, 0.29) is 93.2 Å². The van der Waals surface area contributed by atoms with Crippen LogP contribution in [0.3, 0.4) is 0 Å². The predicted octanol–water partition coefficient (Wildman–Crippen LogP) is 6.93. The maximum atomic E-state index is 15.1. The van der Waals surface area contributed by atoms with Gasteiger partial charge in [0.1, 0.15) is 22.0 Å². The average molecular weight is 994 g/mol. The van der Waals surface area contributed by atoms with Gasteiger partial charge in [0, 0.05) is 46.6 Å². The molecule has 14 nitrogen and oxygen atoms in total. The maximum Gasteiger partial charge on any atom is 0.422 e. The van der Waals surface area contributed by atoms with Crippen LogP contribution >= 0.6 is 23.5 Å². The molecule has 69 heavy (non-hydrogen) atoms. The highest BCUT2D eigenvalue weighted by Gasteiger charge is 2.71. The number of Topliss-reactive ketones (excluding diaryl/α,β-unsaturated/α-hetero) is 2. The predicted molar refractivity (Wildman–Crippen MR) is 245 cm³/mol. The second-order valence-corrected chi connectivity index (χ2v) is 20.6. The molecule has 4 aromatic rings. The van der Waals surface area contributed by atoms with Gasteiger partial charge in [0.05, 0.1) is 35.9 Å². The first-order chi connectivity index (χ1) is 32.6. The number of amidine groups is 2. The van der Waals surface area contributed by atoms with Gasteiger partial charge in [-0.05, 0) is 81.3 Å². The lowest BCUT2D eigenvalue weighted by Crippen LogP contribution is -2.44. The van der Waals surface area contributed by atoms with Crippen molar-refractivity contribution in [2.75, 3.05) is 13.2 Å². The van der Waals surface area contributed by atoms with E-state index in [0.29, 0.717) is 22.7 Å². The van der Waals surface area contributed by atoms with Crippen LogP contribution < -0.4 is 26.3 Å². The van der Waals surface area contributed by atoms with Gasteiger partial charge in [-0.2, -0.15) is 13.2 Å². The fraction of sp³-hybridized carbons (Fsp3) is 0.426. The van der Waals surface area contributed by atoms with Crippen molar-refractivity contribution >= 4 is 51.3 Å². The van der Waals surface area contributed by atoms with Crippen LogP contribution in [0.25, 0.3) is 0 Å². The van der Waals surface area contributed by atoms with Gasteiger partial charge in [-0.15, -0.1) is 6.42 Å². The molecule has 0 saturated heterocycles. The fourth-order valence-electron chi connectivity index (χ4n) is 9.04. The van der Waals surface area contributed by atoms with Crippen LogP contribution in [0.4, 0.5) is 26.3 Å². The minimum absolute atomic E-state index is 0.0319. The van der Waals surface area contributed by atoms with E-state index in [9.17, 15) is 36.3 Å². The Morgan fingerprint density at radius 3 is 1.97 bits per heavy atom. The fourth-order valence-corrected chi connectivity index (χ4v) is 11.8. The Morgan fingerprint density at radius 1 is 0.797 bits per heavy atom. The number of amides is 1. The number of alkyl halides is 3. The quantitative estimate of drug-likeness (QED) is 0.0628. The molecule has 0 radical (unpaired) electrons. The number of fused-ring (bicyclic) bond motifs is 2. The molecular weight excluding hydrogens is 949 g/mol. The van der Waals surface area contributed by atoms with Crippen molar-refractivity contribution in [3.05, 3.63) is 106 Å². The van der Waals surface area contributed by atoms with E-state index in [1.54, 1.807) is 13.8 Å². The van der Waals surface area contributed by atoms with Crippen LogP contribution in [0.1, 0.15) is 96.1 Å². The van der Waals surface area contributed by atoms with Crippen molar-refractivity contribution < 1.29 is 50.2 Å². The molecule has 5 aliphatic rings. The van der Waals surface area contributed by atoms with E-state index >= 15 is 4.39 Å². The third-order valence-electron chi connectivity index (χ3n) is 12.9. The lowest BCUT2D eigenvalue weighted by molar-refractivity contribution is -0.154. The minimum Gasteiger partial charge on any atom is -0.467 e. The number of halogens is 6. The van der Waals surface area contributed by atoms with E-state index < -0.39 is 51.8 Å². The number of ketones is 2. The number of carbonyl (C=O) groups is 3. The van der Waals surface area contributed by atoms with Crippen molar-refractivity contribution in [2.24, 2.45) is 33.3 Å². The highest BCUT2D eigenvalue weighted by Crippen LogP contribution is 2.68. The summed E-state index contributed by atoms with van der Waals surface area (Å²) in [5.74, 6) is -1.58. The van der Waals surface area contributed by atoms with E-state index in [1.807, 2.05) is 0 Å². The Hall–Kier alpha value is -6.21. The molecule has 2 aromatic heterocycles. The zero-order valence-electron chi connectivity index (χ0n) is 37.3. The van der Waals surface area contributed by atoms with Crippen LogP contribution in [-0.4, -0.2) is 82.7 Å². The molecule has 6 atom stereocenters. The second kappa shape index (κ2) is 18.6. The van der Waals surface area contributed by atoms with Crippen molar-refractivity contribution in [2.45, 2.75) is 98.5 Å². The largest absolute Gasteiger partial charge is 0.467 e. The van der Waals surface area contributed by atoms with Gasteiger partial charge in [0.15, 0.2) is 46.7 Å². The summed E-state index contributed by atoms with van der Waals surface area (Å²) in [6.07, 6.45) is 8.84. The monoisotopic (exact) mass is 993 g/mol. The van der Waals surface area contributed by atoms with Crippen LogP contribution in [0.2, 0.25) is 0 Å². The molecule has 1 amide bonds. The van der Waals surface area contributed by atoms with E-state index in [2.05, 4.69) is 52.8 Å². The molecule has 0 unspecified atom stereocenters. The summed E-state index contributed by atoms with van der Waals surface area (Å²) in [7, 11) is 0. The molecule has 3 fully saturated rings. The van der Waals surface area contributed by atoms with Crippen LogP contribution in [0.15, 0.2) is 65.1 Å². The molecule has 22 heteroatoms. The van der Waals surface area contributed by atoms with Crippen LogP contribution in [0.5, 0.6) is 11.8 Å². The number of aliphatic imine (C=N–C) groups is 2. The number of nitrogens with one attached hydrogen (secondary N) is 1. The summed E-state index contributed by atoms with van der Waals surface area (Å²) >= 11 is 2.72. The summed E-state index contributed by atoms with van der Waals surface area (Å²) in [4.78, 5) is 63.0. The number of ether oxygens (including phenoxy) is 2. The highest BCUT2D eigenvalue weighted by molar-refractivity contribution is 8.16. The summed E-state index contributed by atoms with van der Waals surface area (Å²) in [5.41, 5.74) is 11.2. The van der Waals surface area contributed by atoms with Crippen molar-refractivity contribution in [3.8, 4) is 24.1 Å². The van der Waals surface area contributed by atoms with Gasteiger partial charge < -0.3 is 26.3 Å². The number of nitrogens with zero attached hydrogens (tertiary/aromatic N) is 6. The zero-order valence-corrected chi connectivity index (χ0v) is 39.0. The maximum absolute atomic E-state index is 15.1. The third kappa shape index (κ3) is 10.3. The van der Waals surface area contributed by atoms with Gasteiger partial charge >= 0.3 is 6.18 Å². The topological polar surface area (TPSA) is 210 Å². The Kier molecular flexibility index (Phi) is 13.3. The number of rotatable bonds is 15. The van der Waals surface area contributed by atoms with Gasteiger partial charge in [-0.1, -0.05) is 42.4 Å². The molecule has 5 N–H and O–H groups in total. The molecule has 0 spiro atoms. The molecule has 4 heterocycles. The summed E-state index contributed by atoms with van der Waals surface area (Å²) in [6.45, 7) is 4.09. The third-order valence-corrected chi connectivity index (χ3v) is 15.7. The Bertz CT molecular complexity index is 2810. The Morgan fingerprint density at radius 2 is 1.39 bits per heavy atom. The number of hydrogen-bond donors (Lipinski definition) is 3. The van der Waals surface area contributed by atoms with Crippen molar-refractivity contribution in [1.29, 1.82) is 0 Å². The molecule has 2 aliphatic heterocycles. The van der Waals surface area contributed by atoms with Gasteiger partial charge in [0.25, 0.3) is 0 Å². The molecule has 362 valence electrons. The first kappa shape index (κ1) is 49.2. The zero-order chi connectivity index (χ0) is 49.7. The van der Waals surface area contributed by atoms with E-state index in [1.165, 1.54) is 60.2 Å². The molecule has 3 aliphatic carbocycles. The van der Waals surface area contributed by atoms with Gasteiger partial charge in [-0.25, -0.2) is 33.1 Å². The standard InChI is InChI=1S/C24H23F4N5O3S.C23H22F2N4O2S/c1-22(18-8-23(18,37-21(29)33-22)20(35)32-13-3-4-13)14-6-12(2-5-15(14)25)7-17(34)16-9-31-19(10-30-16)36-11-24(26,27)28;1-4-6-31-19-12-27-16(11-28-19)17(30)9-13-7-14(20(25)15(24)8-13)22(3)18-10-23(18,5-2)32-21(26)29-22/h2,5-6,9-10,13,18H,3-4,7-8,11H2,1H3,(H2,29,33)(H,32,35);1,7-8,11-12,18H,5-6,9-10H2,2-3H3,(H2,26,29)/t2*18-,22+,23-/m00/s1. The normalized spacial score (nSPS) is 26.3. The van der Waals surface area contributed by atoms with E-state index in [0.717, 1.165) is 44.1 Å². The lowest BCUT2D eigenvalue weighted by Gasteiger charge is -2.34. The number of terminal acetylenes is 1. The summed E-state index contributed by atoms with van der Waals surface area (Å²) < 4.78 is 90.2. The number of hydrogen-bond acceptors (Lipinski definition) is 15. The summed E-state index contributed by atoms with van der Waals surface area (Å²) in [6, 6.07) is 6.96. The average Bonchev–Trinajstić information content (AvgIpc) is 4.21. The molecule has 3 saturated carbocycles. The molecule has 0 bridgehead atoms. The number of carbonyl (C=O) groups excluding carboxylic acids is 3. The number of benzene rings is 2. The van der Waals surface area contributed by atoms with Crippen molar-refractivity contribution in [1.82, 2.24) is 25.3 Å². The van der Waals surface area contributed by atoms with Crippen molar-refractivity contribution in [3.63, 3.8) is 0 Å². The Balaban J connectivity index is 0.000000188. The first-order valence-corrected chi connectivity index (χ1v) is 23.4. The summed E-state index contributed by atoms with van der Waals surface area (Å²) in [5, 5.41) is 3.59. The smallest absolute Gasteiger partial charge is 0.422 e. The second-order valence-electron chi connectivity index (χ2n) is 17.8. The minimum atomic E-state index is -4.53. The first-order valence-electron chi connectivity index (χ1n) is 21.7. The van der Waals surface area contributed by atoms with Crippen LogP contribution in [-0.2, 0) is 28.7 Å². The molecule has 2 aromatic carbocycles. The Labute approximate surface area is 400 Å². The number of thioether (sulfide) groups is 2. The molecular formula is C47H45F6N9O5S2. The van der Waals surface area contributed by atoms with Crippen LogP contribution in [0, 0.1) is 41.6 Å². The number of aromatic nitrogens is 4. The lowest BCUT2D eigenvalue weighted by atomic mass is 9.84.